The molecule has 2 aromatic carbocycles. The number of ether oxygens (including phenoxy) is 2. The Hall–Kier alpha value is -2.61. The minimum Gasteiger partial charge on any atom is -0.493 e. The predicted molar refractivity (Wildman–Crippen MR) is 92.0 cm³/mol. The van der Waals surface area contributed by atoms with Gasteiger partial charge in [-0.1, -0.05) is 23.7 Å². The molecule has 0 unspecified atom stereocenters. The second kappa shape index (κ2) is 8.66. The smallest absolute Gasteiger partial charge is 0.416 e. The molecular formula is C17H16ClF3N2O3. The fourth-order valence-electron chi connectivity index (χ4n) is 2.03. The lowest BCUT2D eigenvalue weighted by Gasteiger charge is -2.13. The summed E-state index contributed by atoms with van der Waals surface area (Å²) in [4.78, 5) is 11.8. The first kappa shape index (κ1) is 19.7. The summed E-state index contributed by atoms with van der Waals surface area (Å²) in [5, 5.41) is 4.75. The zero-order chi connectivity index (χ0) is 19.2. The number of hydrogen-bond donors (Lipinski definition) is 2. The topological polar surface area (TPSA) is 59.6 Å². The van der Waals surface area contributed by atoms with Crippen LogP contribution in [0.3, 0.4) is 0 Å². The number of para-hydroxylation sites is 2. The second-order valence-corrected chi connectivity index (χ2v) is 5.48. The Kier molecular flexibility index (Phi) is 6.57. The van der Waals surface area contributed by atoms with E-state index in [1.54, 1.807) is 24.3 Å². The van der Waals surface area contributed by atoms with Gasteiger partial charge in [0.2, 0.25) is 0 Å². The number of benzene rings is 2. The van der Waals surface area contributed by atoms with E-state index in [9.17, 15) is 18.0 Å². The van der Waals surface area contributed by atoms with E-state index < -0.39 is 17.8 Å². The van der Waals surface area contributed by atoms with Crippen LogP contribution in [0.15, 0.2) is 42.5 Å². The fourth-order valence-corrected chi connectivity index (χ4v) is 2.19. The van der Waals surface area contributed by atoms with Gasteiger partial charge < -0.3 is 20.1 Å². The molecule has 140 valence electrons. The predicted octanol–water partition coefficient (Wildman–Crippen LogP) is 4.57. The number of urea groups is 1. The van der Waals surface area contributed by atoms with E-state index in [0.717, 1.165) is 18.2 Å². The molecule has 0 heterocycles. The Morgan fingerprint density at radius 3 is 2.50 bits per heavy atom. The first-order valence-electron chi connectivity index (χ1n) is 7.48. The SMILES string of the molecule is COc1ccccc1OCCNC(=O)Nc1cc(C(F)(F)F)ccc1Cl. The summed E-state index contributed by atoms with van der Waals surface area (Å²) in [6, 6.07) is 8.98. The molecule has 2 N–H and O–H groups in total. The van der Waals surface area contributed by atoms with Gasteiger partial charge >= 0.3 is 12.2 Å². The van der Waals surface area contributed by atoms with E-state index in [0.29, 0.717) is 11.5 Å². The highest BCUT2D eigenvalue weighted by Gasteiger charge is 2.31. The molecule has 0 aromatic heterocycles. The van der Waals surface area contributed by atoms with Gasteiger partial charge in [-0.3, -0.25) is 0 Å². The number of carbonyl (C=O) groups is 1. The Bertz CT molecular complexity index is 769. The number of anilines is 1. The van der Waals surface area contributed by atoms with E-state index in [1.807, 2.05) is 0 Å². The Balaban J connectivity index is 1.86. The maximum Gasteiger partial charge on any atom is 0.416 e. The summed E-state index contributed by atoms with van der Waals surface area (Å²) in [7, 11) is 1.51. The van der Waals surface area contributed by atoms with Gasteiger partial charge in [-0.05, 0) is 30.3 Å². The van der Waals surface area contributed by atoms with Gasteiger partial charge in [0.15, 0.2) is 11.5 Å². The third-order valence-electron chi connectivity index (χ3n) is 3.26. The largest absolute Gasteiger partial charge is 0.493 e. The molecule has 0 saturated carbocycles. The van der Waals surface area contributed by atoms with Crippen LogP contribution in [0.1, 0.15) is 5.56 Å². The van der Waals surface area contributed by atoms with E-state index in [4.69, 9.17) is 21.1 Å². The molecule has 0 atom stereocenters. The van der Waals surface area contributed by atoms with Crippen molar-refractivity contribution >= 4 is 23.3 Å². The lowest BCUT2D eigenvalue weighted by atomic mass is 10.2. The van der Waals surface area contributed by atoms with Crippen molar-refractivity contribution in [2.75, 3.05) is 25.6 Å². The average Bonchev–Trinajstić information content (AvgIpc) is 2.60. The van der Waals surface area contributed by atoms with Crippen LogP contribution in [-0.4, -0.2) is 26.3 Å². The number of nitrogens with one attached hydrogen (secondary N) is 2. The Labute approximate surface area is 153 Å². The fraction of sp³-hybridized carbons (Fsp3) is 0.235. The molecule has 0 aliphatic carbocycles. The lowest BCUT2D eigenvalue weighted by molar-refractivity contribution is -0.137. The molecule has 9 heteroatoms. The van der Waals surface area contributed by atoms with Crippen molar-refractivity contribution in [1.82, 2.24) is 5.32 Å². The number of halogens is 4. The maximum absolute atomic E-state index is 12.7. The third-order valence-corrected chi connectivity index (χ3v) is 3.59. The summed E-state index contributed by atoms with van der Waals surface area (Å²) in [5.74, 6) is 1.06. The Morgan fingerprint density at radius 2 is 1.85 bits per heavy atom. The number of carbonyl (C=O) groups excluding carboxylic acids is 1. The molecular weight excluding hydrogens is 373 g/mol. The minimum absolute atomic E-state index is 0.00146. The van der Waals surface area contributed by atoms with Crippen molar-refractivity contribution in [3.8, 4) is 11.5 Å². The first-order chi connectivity index (χ1) is 12.3. The van der Waals surface area contributed by atoms with Crippen LogP contribution >= 0.6 is 11.6 Å². The zero-order valence-electron chi connectivity index (χ0n) is 13.7. The highest BCUT2D eigenvalue weighted by atomic mass is 35.5. The van der Waals surface area contributed by atoms with Gasteiger partial charge in [0.25, 0.3) is 0 Å². The van der Waals surface area contributed by atoms with E-state index in [1.165, 1.54) is 7.11 Å². The van der Waals surface area contributed by atoms with Crippen LogP contribution in [0, 0.1) is 0 Å². The van der Waals surface area contributed by atoms with Crippen LogP contribution in [0.2, 0.25) is 5.02 Å². The molecule has 0 saturated heterocycles. The van der Waals surface area contributed by atoms with Gasteiger partial charge in [-0.25, -0.2) is 4.79 Å². The summed E-state index contributed by atoms with van der Waals surface area (Å²) in [6.45, 7) is 0.268. The van der Waals surface area contributed by atoms with E-state index in [-0.39, 0.29) is 23.9 Å². The van der Waals surface area contributed by atoms with Crippen LogP contribution in [-0.2, 0) is 6.18 Å². The zero-order valence-corrected chi connectivity index (χ0v) is 14.4. The monoisotopic (exact) mass is 388 g/mol. The maximum atomic E-state index is 12.7. The van der Waals surface area contributed by atoms with Gasteiger partial charge in [0.05, 0.1) is 29.9 Å². The number of alkyl halides is 3. The van der Waals surface area contributed by atoms with Gasteiger partial charge in [0, 0.05) is 0 Å². The van der Waals surface area contributed by atoms with Crippen molar-refractivity contribution in [3.63, 3.8) is 0 Å². The van der Waals surface area contributed by atoms with Crippen LogP contribution in [0.4, 0.5) is 23.7 Å². The molecule has 5 nitrogen and oxygen atoms in total. The highest BCUT2D eigenvalue weighted by molar-refractivity contribution is 6.33. The lowest BCUT2D eigenvalue weighted by Crippen LogP contribution is -2.32. The number of hydrogen-bond acceptors (Lipinski definition) is 3. The third kappa shape index (κ3) is 5.45. The molecule has 2 amide bonds. The molecule has 0 fully saturated rings. The Morgan fingerprint density at radius 1 is 1.15 bits per heavy atom. The molecule has 0 bridgehead atoms. The number of amides is 2. The number of rotatable bonds is 6. The van der Waals surface area contributed by atoms with E-state index in [2.05, 4.69) is 10.6 Å². The van der Waals surface area contributed by atoms with Crippen molar-refractivity contribution < 1.29 is 27.4 Å². The van der Waals surface area contributed by atoms with Crippen molar-refractivity contribution in [1.29, 1.82) is 0 Å². The van der Waals surface area contributed by atoms with Crippen molar-refractivity contribution in [2.45, 2.75) is 6.18 Å². The summed E-state index contributed by atoms with van der Waals surface area (Å²) in [6.07, 6.45) is -4.53. The quantitative estimate of drug-likeness (QED) is 0.713. The average molecular weight is 389 g/mol. The minimum atomic E-state index is -4.53. The molecule has 2 aromatic rings. The van der Waals surface area contributed by atoms with Crippen LogP contribution in [0.5, 0.6) is 11.5 Å². The molecule has 0 spiro atoms. The molecule has 26 heavy (non-hydrogen) atoms. The second-order valence-electron chi connectivity index (χ2n) is 5.07. The summed E-state index contributed by atoms with van der Waals surface area (Å²) >= 11 is 5.82. The summed E-state index contributed by atoms with van der Waals surface area (Å²) in [5.41, 5.74) is -1.04. The van der Waals surface area contributed by atoms with Crippen LogP contribution < -0.4 is 20.1 Å². The van der Waals surface area contributed by atoms with E-state index >= 15 is 0 Å². The van der Waals surface area contributed by atoms with Crippen LogP contribution in [0.25, 0.3) is 0 Å². The molecule has 0 aliphatic heterocycles. The van der Waals surface area contributed by atoms with Gasteiger partial charge in [-0.2, -0.15) is 13.2 Å². The number of methoxy groups -OCH3 is 1. The first-order valence-corrected chi connectivity index (χ1v) is 7.86. The van der Waals surface area contributed by atoms with Gasteiger partial charge in [0.1, 0.15) is 6.61 Å². The van der Waals surface area contributed by atoms with Crippen molar-refractivity contribution in [3.05, 3.63) is 53.1 Å². The normalized spacial score (nSPS) is 11.0. The summed E-state index contributed by atoms with van der Waals surface area (Å²) < 4.78 is 48.7. The molecule has 0 radical (unpaired) electrons. The molecule has 2 rings (SSSR count). The standard InChI is InChI=1S/C17H16ClF3N2O3/c1-25-14-4-2-3-5-15(14)26-9-8-22-16(24)23-13-10-11(17(19,20)21)6-7-12(13)18/h2-7,10H,8-9H2,1H3,(H2,22,23,24). The van der Waals surface area contributed by atoms with Gasteiger partial charge in [-0.15, -0.1) is 0 Å². The highest BCUT2D eigenvalue weighted by Crippen LogP contribution is 2.33. The molecule has 0 aliphatic rings. The van der Waals surface area contributed by atoms with Crippen molar-refractivity contribution in [2.24, 2.45) is 0 Å².